The molecule has 1 aromatic carbocycles. The van der Waals surface area contributed by atoms with Gasteiger partial charge in [0.15, 0.2) is 0 Å². The highest BCUT2D eigenvalue weighted by molar-refractivity contribution is 6.29. The number of anilines is 1. The summed E-state index contributed by atoms with van der Waals surface area (Å²) < 4.78 is 0. The molecule has 5 heteroatoms. The second-order valence-corrected chi connectivity index (χ2v) is 4.50. The monoisotopic (exact) mass is 275 g/mol. The molecule has 0 fully saturated rings. The lowest BCUT2D eigenvalue weighted by Crippen LogP contribution is -2.12. The lowest BCUT2D eigenvalue weighted by atomic mass is 10.1. The van der Waals surface area contributed by atoms with Crippen LogP contribution in [0.4, 0.5) is 5.82 Å². The number of hydrogen-bond donors (Lipinski definition) is 1. The minimum absolute atomic E-state index is 0.0642. The molecule has 98 valence electrons. The van der Waals surface area contributed by atoms with Crippen molar-refractivity contribution in [1.29, 1.82) is 0 Å². The smallest absolute Gasteiger partial charge is 0.225 e. The van der Waals surface area contributed by atoms with Gasteiger partial charge in [-0.3, -0.25) is 4.79 Å². The number of hydrogen-bond acceptors (Lipinski definition) is 3. The summed E-state index contributed by atoms with van der Waals surface area (Å²) in [6.07, 6.45) is 3.46. The van der Waals surface area contributed by atoms with E-state index in [1.54, 1.807) is 0 Å². The van der Waals surface area contributed by atoms with E-state index in [1.807, 2.05) is 18.2 Å². The summed E-state index contributed by atoms with van der Waals surface area (Å²) in [6.45, 7) is 0. The quantitative estimate of drug-likeness (QED) is 0.853. The Bertz CT molecular complexity index is 545. The van der Waals surface area contributed by atoms with Gasteiger partial charge in [-0.25, -0.2) is 9.97 Å². The Labute approximate surface area is 116 Å². The minimum Gasteiger partial charge on any atom is -0.311 e. The van der Waals surface area contributed by atoms with Crippen molar-refractivity contribution in [3.63, 3.8) is 0 Å². The molecular weight excluding hydrogens is 262 g/mol. The summed E-state index contributed by atoms with van der Waals surface area (Å²) in [4.78, 5) is 19.4. The predicted octanol–water partition coefficient (Wildman–Crippen LogP) is 3.09. The summed E-state index contributed by atoms with van der Waals surface area (Å²) in [5.74, 6) is 0.371. The third-order valence-electron chi connectivity index (χ3n) is 2.61. The molecule has 0 unspecified atom stereocenters. The molecule has 2 aromatic rings. The first kappa shape index (κ1) is 13.5. The molecule has 1 amide bonds. The highest BCUT2D eigenvalue weighted by Crippen LogP contribution is 2.10. The summed E-state index contributed by atoms with van der Waals surface area (Å²) in [7, 11) is 0. The van der Waals surface area contributed by atoms with Gasteiger partial charge in [-0.15, -0.1) is 0 Å². The van der Waals surface area contributed by atoms with Gasteiger partial charge in [-0.2, -0.15) is 0 Å². The van der Waals surface area contributed by atoms with Crippen LogP contribution in [-0.4, -0.2) is 15.9 Å². The number of halogens is 1. The first-order valence-electron chi connectivity index (χ1n) is 6.05. The lowest BCUT2D eigenvalue weighted by Gasteiger charge is -2.04. The van der Waals surface area contributed by atoms with Gasteiger partial charge < -0.3 is 5.32 Å². The van der Waals surface area contributed by atoms with Crippen molar-refractivity contribution >= 4 is 23.3 Å². The van der Waals surface area contributed by atoms with Crippen molar-refractivity contribution in [1.82, 2.24) is 9.97 Å². The molecule has 19 heavy (non-hydrogen) atoms. The number of amides is 1. The number of carbonyl (C=O) groups is 1. The van der Waals surface area contributed by atoms with Crippen molar-refractivity contribution in [3.8, 4) is 0 Å². The summed E-state index contributed by atoms with van der Waals surface area (Å²) >= 11 is 5.71. The third kappa shape index (κ3) is 4.67. The highest BCUT2D eigenvalue weighted by atomic mass is 35.5. The maximum atomic E-state index is 11.7. The van der Waals surface area contributed by atoms with Gasteiger partial charge in [0, 0.05) is 12.5 Å². The molecule has 0 aliphatic heterocycles. The van der Waals surface area contributed by atoms with Crippen molar-refractivity contribution in [3.05, 3.63) is 53.4 Å². The van der Waals surface area contributed by atoms with Crippen LogP contribution in [0, 0.1) is 0 Å². The Kier molecular flexibility index (Phi) is 4.86. The predicted molar refractivity (Wildman–Crippen MR) is 75.1 cm³/mol. The average Bonchev–Trinajstić information content (AvgIpc) is 2.40. The zero-order valence-corrected chi connectivity index (χ0v) is 11.1. The SMILES string of the molecule is O=C(CCCc1ccccc1)Nc1cc(Cl)ncn1. The van der Waals surface area contributed by atoms with Crippen LogP contribution < -0.4 is 5.32 Å². The zero-order valence-electron chi connectivity index (χ0n) is 10.3. The summed E-state index contributed by atoms with van der Waals surface area (Å²) in [6, 6.07) is 11.6. The average molecular weight is 276 g/mol. The van der Waals surface area contributed by atoms with E-state index in [1.165, 1.54) is 18.0 Å². The van der Waals surface area contributed by atoms with E-state index < -0.39 is 0 Å². The Morgan fingerprint density at radius 2 is 2.00 bits per heavy atom. The maximum absolute atomic E-state index is 11.7. The fraction of sp³-hybridized carbons (Fsp3) is 0.214. The molecule has 1 N–H and O–H groups in total. The van der Waals surface area contributed by atoms with Crippen LogP contribution >= 0.6 is 11.6 Å². The van der Waals surface area contributed by atoms with Crippen molar-refractivity contribution in [2.75, 3.05) is 5.32 Å². The maximum Gasteiger partial charge on any atom is 0.225 e. The van der Waals surface area contributed by atoms with Gasteiger partial charge in [-0.05, 0) is 18.4 Å². The van der Waals surface area contributed by atoms with Crippen LogP contribution in [0.15, 0.2) is 42.7 Å². The number of nitrogens with one attached hydrogen (secondary N) is 1. The van der Waals surface area contributed by atoms with Gasteiger partial charge in [0.25, 0.3) is 0 Å². The molecule has 0 spiro atoms. The van der Waals surface area contributed by atoms with Crippen molar-refractivity contribution in [2.24, 2.45) is 0 Å². The van der Waals surface area contributed by atoms with E-state index in [-0.39, 0.29) is 5.91 Å². The first-order chi connectivity index (χ1) is 9.24. The van der Waals surface area contributed by atoms with Crippen LogP contribution in [-0.2, 0) is 11.2 Å². The second kappa shape index (κ2) is 6.85. The standard InChI is InChI=1S/C14H14ClN3O/c15-12-9-13(17-10-16-12)18-14(19)8-4-7-11-5-2-1-3-6-11/h1-3,5-6,9-10H,4,7-8H2,(H,16,17,18,19). The number of rotatable bonds is 5. The van der Waals surface area contributed by atoms with E-state index in [0.29, 0.717) is 17.4 Å². The van der Waals surface area contributed by atoms with Gasteiger partial charge >= 0.3 is 0 Å². The zero-order chi connectivity index (χ0) is 13.5. The molecule has 0 radical (unpaired) electrons. The van der Waals surface area contributed by atoms with Gasteiger partial charge in [-0.1, -0.05) is 41.9 Å². The fourth-order valence-corrected chi connectivity index (χ4v) is 1.85. The van der Waals surface area contributed by atoms with Crippen LogP contribution in [0.1, 0.15) is 18.4 Å². The van der Waals surface area contributed by atoms with E-state index >= 15 is 0 Å². The van der Waals surface area contributed by atoms with E-state index in [9.17, 15) is 4.79 Å². The van der Waals surface area contributed by atoms with Crippen molar-refractivity contribution in [2.45, 2.75) is 19.3 Å². The number of nitrogens with zero attached hydrogens (tertiary/aromatic N) is 2. The number of aryl methyl sites for hydroxylation is 1. The Balaban J connectivity index is 1.76. The molecule has 1 heterocycles. The van der Waals surface area contributed by atoms with Crippen LogP contribution in [0.25, 0.3) is 0 Å². The van der Waals surface area contributed by atoms with Gasteiger partial charge in [0.05, 0.1) is 0 Å². The summed E-state index contributed by atoms with van der Waals surface area (Å²) in [5, 5.41) is 3.01. The van der Waals surface area contributed by atoms with Crippen LogP contribution in [0.2, 0.25) is 5.15 Å². The molecular formula is C14H14ClN3O. The second-order valence-electron chi connectivity index (χ2n) is 4.11. The Hall–Kier alpha value is -1.94. The van der Waals surface area contributed by atoms with Crippen molar-refractivity contribution < 1.29 is 4.79 Å². The molecule has 0 aliphatic carbocycles. The molecule has 2 rings (SSSR count). The first-order valence-corrected chi connectivity index (χ1v) is 6.43. The molecule has 0 saturated heterocycles. The molecule has 1 aromatic heterocycles. The van der Waals surface area contributed by atoms with E-state index in [4.69, 9.17) is 11.6 Å². The molecule has 0 bridgehead atoms. The Morgan fingerprint density at radius 3 is 2.74 bits per heavy atom. The topological polar surface area (TPSA) is 54.9 Å². The van der Waals surface area contributed by atoms with Crippen LogP contribution in [0.3, 0.4) is 0 Å². The molecule has 0 saturated carbocycles. The van der Waals surface area contributed by atoms with Gasteiger partial charge in [0.1, 0.15) is 17.3 Å². The lowest BCUT2D eigenvalue weighted by molar-refractivity contribution is -0.116. The summed E-state index contributed by atoms with van der Waals surface area (Å²) in [5.41, 5.74) is 1.24. The third-order valence-corrected chi connectivity index (χ3v) is 2.82. The van der Waals surface area contributed by atoms with Crippen LogP contribution in [0.5, 0.6) is 0 Å². The number of benzene rings is 1. The molecule has 0 atom stereocenters. The minimum atomic E-state index is -0.0642. The molecule has 4 nitrogen and oxygen atoms in total. The fourth-order valence-electron chi connectivity index (χ4n) is 1.71. The normalized spacial score (nSPS) is 10.2. The highest BCUT2D eigenvalue weighted by Gasteiger charge is 2.04. The number of carbonyl (C=O) groups excluding carboxylic acids is 1. The largest absolute Gasteiger partial charge is 0.311 e. The van der Waals surface area contributed by atoms with E-state index in [2.05, 4.69) is 27.4 Å². The Morgan fingerprint density at radius 1 is 1.21 bits per heavy atom. The van der Waals surface area contributed by atoms with E-state index in [0.717, 1.165) is 12.8 Å². The molecule has 0 aliphatic rings. The number of aromatic nitrogens is 2. The van der Waals surface area contributed by atoms with Gasteiger partial charge in [0.2, 0.25) is 5.91 Å².